The first-order valence-electron chi connectivity index (χ1n) is 11.5. The van der Waals surface area contributed by atoms with Gasteiger partial charge in [-0.2, -0.15) is 5.10 Å². The Hall–Kier alpha value is -4.90. The number of pyridine rings is 1. The van der Waals surface area contributed by atoms with Gasteiger partial charge in [-0.1, -0.05) is 54.6 Å². The molecule has 0 fully saturated rings. The Labute approximate surface area is 201 Å². The second-order valence-electron chi connectivity index (χ2n) is 8.45. The van der Waals surface area contributed by atoms with Crippen LogP contribution < -0.4 is 4.74 Å². The van der Waals surface area contributed by atoms with Gasteiger partial charge in [-0.05, 0) is 42.5 Å². The number of hydrogen-bond donors (Lipinski definition) is 0. The lowest BCUT2D eigenvalue weighted by Gasteiger charge is -2.11. The number of hydrogen-bond acceptors (Lipinski definition) is 3. The molecule has 0 N–H and O–H groups in total. The molecule has 0 aliphatic carbocycles. The van der Waals surface area contributed by atoms with E-state index in [1.54, 1.807) is 6.20 Å². The van der Waals surface area contributed by atoms with Gasteiger partial charge in [0.15, 0.2) is 0 Å². The lowest BCUT2D eigenvalue weighted by molar-refractivity contribution is 0.463. The van der Waals surface area contributed by atoms with Gasteiger partial charge in [0.2, 0.25) is 5.88 Å². The fourth-order valence-corrected chi connectivity index (χ4v) is 4.69. The molecule has 0 aliphatic rings. The van der Waals surface area contributed by atoms with Gasteiger partial charge in [-0.15, -0.1) is 0 Å². The number of ether oxygens (including phenoxy) is 1. The Morgan fingerprint density at radius 3 is 2.40 bits per heavy atom. The standard InChI is InChI=1S/C30H20N4O/c1-3-12-27-21(8-1)20-33(32-27)22-15-16-26-25-11-2-4-13-28(25)34(29(26)19-22)23-9-7-10-24(18-23)35-30-14-5-6-17-31-30/h1-20H. The van der Waals surface area contributed by atoms with E-state index in [1.807, 2.05) is 53.2 Å². The molecule has 7 rings (SSSR count). The Morgan fingerprint density at radius 1 is 0.629 bits per heavy atom. The minimum atomic E-state index is 0.569. The summed E-state index contributed by atoms with van der Waals surface area (Å²) in [6.07, 6.45) is 3.80. The maximum Gasteiger partial charge on any atom is 0.219 e. The van der Waals surface area contributed by atoms with Crippen molar-refractivity contribution in [2.24, 2.45) is 0 Å². The predicted molar refractivity (Wildman–Crippen MR) is 140 cm³/mol. The molecule has 0 bridgehead atoms. The first-order chi connectivity index (χ1) is 17.3. The van der Waals surface area contributed by atoms with Crippen LogP contribution in [-0.2, 0) is 0 Å². The molecule has 7 aromatic rings. The van der Waals surface area contributed by atoms with Crippen molar-refractivity contribution in [3.05, 3.63) is 122 Å². The van der Waals surface area contributed by atoms with E-state index < -0.39 is 0 Å². The topological polar surface area (TPSA) is 44.9 Å². The van der Waals surface area contributed by atoms with Crippen molar-refractivity contribution in [1.29, 1.82) is 0 Å². The minimum Gasteiger partial charge on any atom is -0.439 e. The average Bonchev–Trinajstić information content (AvgIpc) is 3.48. The highest BCUT2D eigenvalue weighted by atomic mass is 16.5. The molecule has 0 aliphatic heterocycles. The first-order valence-corrected chi connectivity index (χ1v) is 11.5. The van der Waals surface area contributed by atoms with Crippen LogP contribution in [0.5, 0.6) is 11.6 Å². The minimum absolute atomic E-state index is 0.569. The van der Waals surface area contributed by atoms with Crippen molar-refractivity contribution in [2.75, 3.05) is 0 Å². The van der Waals surface area contributed by atoms with Crippen molar-refractivity contribution < 1.29 is 4.74 Å². The summed E-state index contributed by atoms with van der Waals surface area (Å²) in [6, 6.07) is 36.9. The molecular formula is C30H20N4O. The Kier molecular flexibility index (Phi) is 4.39. The van der Waals surface area contributed by atoms with Crippen LogP contribution in [0.15, 0.2) is 122 Å². The van der Waals surface area contributed by atoms with Crippen molar-refractivity contribution in [2.45, 2.75) is 0 Å². The molecule has 0 radical (unpaired) electrons. The normalized spacial score (nSPS) is 11.4. The zero-order chi connectivity index (χ0) is 23.2. The van der Waals surface area contributed by atoms with Gasteiger partial charge in [0.05, 0.1) is 22.2 Å². The molecule has 0 saturated heterocycles. The molecule has 3 aromatic heterocycles. The first kappa shape index (κ1) is 19.6. The van der Waals surface area contributed by atoms with Gasteiger partial charge in [0, 0.05) is 46.4 Å². The molecule has 0 amide bonds. The van der Waals surface area contributed by atoms with Crippen LogP contribution in [0, 0.1) is 0 Å². The van der Waals surface area contributed by atoms with Crippen molar-refractivity contribution in [3.63, 3.8) is 0 Å². The Bertz CT molecular complexity index is 1800. The molecule has 0 spiro atoms. The summed E-state index contributed by atoms with van der Waals surface area (Å²) in [6.45, 7) is 0. The maximum absolute atomic E-state index is 6.03. The number of para-hydroxylation sites is 1. The number of aromatic nitrogens is 4. The molecule has 166 valence electrons. The molecule has 3 heterocycles. The van der Waals surface area contributed by atoms with E-state index in [-0.39, 0.29) is 0 Å². The molecular weight excluding hydrogens is 432 g/mol. The Morgan fingerprint density at radius 2 is 1.49 bits per heavy atom. The van der Waals surface area contributed by atoms with Gasteiger partial charge >= 0.3 is 0 Å². The van der Waals surface area contributed by atoms with Crippen LogP contribution in [0.25, 0.3) is 44.1 Å². The summed E-state index contributed by atoms with van der Waals surface area (Å²) in [7, 11) is 0. The summed E-state index contributed by atoms with van der Waals surface area (Å²) in [5.41, 5.74) is 5.26. The SMILES string of the molecule is c1ccc(Oc2cccc(-n3c4ccccc4c4ccc(-n5cc6ccccc6n5)cc43)c2)nc1. The third-order valence-corrected chi connectivity index (χ3v) is 6.27. The van der Waals surface area contributed by atoms with Crippen LogP contribution in [0.4, 0.5) is 0 Å². The highest BCUT2D eigenvalue weighted by molar-refractivity contribution is 6.09. The van der Waals surface area contributed by atoms with E-state index >= 15 is 0 Å². The number of nitrogens with zero attached hydrogens (tertiary/aromatic N) is 4. The van der Waals surface area contributed by atoms with Gasteiger partial charge in [-0.3, -0.25) is 0 Å². The fraction of sp³-hybridized carbons (Fsp3) is 0. The van der Waals surface area contributed by atoms with Crippen LogP contribution in [0.1, 0.15) is 0 Å². The van der Waals surface area contributed by atoms with Gasteiger partial charge in [-0.25, -0.2) is 9.67 Å². The number of rotatable bonds is 4. The second-order valence-corrected chi connectivity index (χ2v) is 8.45. The van der Waals surface area contributed by atoms with E-state index in [9.17, 15) is 0 Å². The van der Waals surface area contributed by atoms with Crippen LogP contribution in [0.3, 0.4) is 0 Å². The molecule has 5 nitrogen and oxygen atoms in total. The maximum atomic E-state index is 6.03. The molecule has 4 aromatic carbocycles. The third-order valence-electron chi connectivity index (χ3n) is 6.27. The largest absolute Gasteiger partial charge is 0.439 e. The monoisotopic (exact) mass is 452 g/mol. The smallest absolute Gasteiger partial charge is 0.219 e. The van der Waals surface area contributed by atoms with Gasteiger partial charge in [0.25, 0.3) is 0 Å². The van der Waals surface area contributed by atoms with E-state index in [0.29, 0.717) is 5.88 Å². The lowest BCUT2D eigenvalue weighted by atomic mass is 10.1. The Balaban J connectivity index is 1.42. The van der Waals surface area contributed by atoms with Crippen molar-refractivity contribution >= 4 is 32.7 Å². The third kappa shape index (κ3) is 3.33. The number of fused-ring (bicyclic) bond motifs is 4. The van der Waals surface area contributed by atoms with Crippen LogP contribution in [0.2, 0.25) is 0 Å². The van der Waals surface area contributed by atoms with E-state index in [2.05, 4.69) is 76.4 Å². The lowest BCUT2D eigenvalue weighted by Crippen LogP contribution is -1.97. The molecule has 0 saturated carbocycles. The predicted octanol–water partition coefficient (Wildman–Crippen LogP) is 7.31. The zero-order valence-corrected chi connectivity index (χ0v) is 18.7. The highest BCUT2D eigenvalue weighted by Gasteiger charge is 2.14. The summed E-state index contributed by atoms with van der Waals surface area (Å²) in [5, 5.41) is 8.30. The van der Waals surface area contributed by atoms with E-state index in [1.165, 1.54) is 10.8 Å². The number of benzene rings is 4. The summed E-state index contributed by atoms with van der Waals surface area (Å²) in [5.74, 6) is 1.31. The van der Waals surface area contributed by atoms with Gasteiger partial charge in [0.1, 0.15) is 5.75 Å². The fourth-order valence-electron chi connectivity index (χ4n) is 4.69. The van der Waals surface area contributed by atoms with Crippen molar-refractivity contribution in [3.8, 4) is 23.0 Å². The van der Waals surface area contributed by atoms with Gasteiger partial charge < -0.3 is 9.30 Å². The molecule has 0 unspecified atom stereocenters. The summed E-state index contributed by atoms with van der Waals surface area (Å²) in [4.78, 5) is 4.29. The van der Waals surface area contributed by atoms with E-state index in [4.69, 9.17) is 9.84 Å². The molecule has 0 atom stereocenters. The molecule has 5 heteroatoms. The molecule has 35 heavy (non-hydrogen) atoms. The van der Waals surface area contributed by atoms with E-state index in [0.717, 1.165) is 39.1 Å². The quantitative estimate of drug-likeness (QED) is 0.281. The second kappa shape index (κ2) is 7.85. The van der Waals surface area contributed by atoms with Crippen LogP contribution in [-0.4, -0.2) is 19.3 Å². The highest BCUT2D eigenvalue weighted by Crippen LogP contribution is 2.34. The zero-order valence-electron chi connectivity index (χ0n) is 18.7. The summed E-state index contributed by atoms with van der Waals surface area (Å²) < 4.78 is 10.3. The average molecular weight is 453 g/mol. The van der Waals surface area contributed by atoms with Crippen molar-refractivity contribution in [1.82, 2.24) is 19.3 Å². The summed E-state index contributed by atoms with van der Waals surface area (Å²) >= 11 is 0. The van der Waals surface area contributed by atoms with Crippen LogP contribution >= 0.6 is 0 Å².